The fraction of sp³-hybridized carbons (Fsp3) is 0.923. The molecular formula is C13H21NO2. The number of likely N-dealkylation sites (tertiary alicyclic amines) is 1. The third-order valence-electron chi connectivity index (χ3n) is 4.95. The van der Waals surface area contributed by atoms with Gasteiger partial charge in [0.1, 0.15) is 0 Å². The van der Waals surface area contributed by atoms with Crippen LogP contribution in [0.15, 0.2) is 0 Å². The van der Waals surface area contributed by atoms with Gasteiger partial charge in [-0.3, -0.25) is 4.79 Å². The maximum Gasteiger partial charge on any atom is 0.226 e. The molecule has 3 heteroatoms. The van der Waals surface area contributed by atoms with E-state index in [1.807, 2.05) is 4.90 Å². The molecule has 3 rings (SSSR count). The van der Waals surface area contributed by atoms with Crippen LogP contribution in [0.1, 0.15) is 32.6 Å². The van der Waals surface area contributed by atoms with Crippen molar-refractivity contribution in [2.45, 2.75) is 38.6 Å². The summed E-state index contributed by atoms with van der Waals surface area (Å²) in [6, 6.07) is 0.0874. The van der Waals surface area contributed by atoms with E-state index in [0.29, 0.717) is 11.8 Å². The average molecular weight is 223 g/mol. The fourth-order valence-corrected chi connectivity index (χ4v) is 3.71. The molecule has 1 N–H and O–H groups in total. The fourth-order valence-electron chi connectivity index (χ4n) is 3.71. The lowest BCUT2D eigenvalue weighted by atomic mass is 10.00. The maximum atomic E-state index is 12.3. The molecule has 3 nitrogen and oxygen atoms in total. The van der Waals surface area contributed by atoms with Crippen molar-refractivity contribution >= 4 is 5.91 Å². The lowest BCUT2D eigenvalue weighted by Gasteiger charge is -2.28. The number of rotatable bonds is 2. The summed E-state index contributed by atoms with van der Waals surface area (Å²) in [5.41, 5.74) is 0. The quantitative estimate of drug-likeness (QED) is 0.765. The Morgan fingerprint density at radius 2 is 2.00 bits per heavy atom. The predicted octanol–water partition coefficient (Wildman–Crippen LogP) is 1.26. The zero-order valence-corrected chi connectivity index (χ0v) is 9.93. The molecular weight excluding hydrogens is 202 g/mol. The normalized spacial score (nSPS) is 45.9. The average Bonchev–Trinajstić information content (AvgIpc) is 2.74. The van der Waals surface area contributed by atoms with Gasteiger partial charge in [0.2, 0.25) is 5.91 Å². The second-order valence-corrected chi connectivity index (χ2v) is 5.97. The number of carbonyl (C=O) groups excluding carboxylic acids is 1. The number of fused-ring (bicyclic) bond motifs is 1. The Labute approximate surface area is 96.8 Å². The second-order valence-electron chi connectivity index (χ2n) is 5.97. The molecule has 90 valence electrons. The van der Waals surface area contributed by atoms with E-state index in [9.17, 15) is 9.90 Å². The molecule has 2 saturated carbocycles. The highest BCUT2D eigenvalue weighted by molar-refractivity contribution is 5.80. The molecule has 2 aliphatic carbocycles. The van der Waals surface area contributed by atoms with Crippen LogP contribution in [0, 0.1) is 23.7 Å². The second kappa shape index (κ2) is 3.73. The molecule has 1 heterocycles. The van der Waals surface area contributed by atoms with Crippen LogP contribution in [0.2, 0.25) is 0 Å². The number of nitrogens with zero attached hydrogens (tertiary/aromatic N) is 1. The summed E-state index contributed by atoms with van der Waals surface area (Å²) in [7, 11) is 0. The van der Waals surface area contributed by atoms with Gasteiger partial charge in [0.15, 0.2) is 0 Å². The summed E-state index contributed by atoms with van der Waals surface area (Å²) >= 11 is 0. The van der Waals surface area contributed by atoms with Gasteiger partial charge in [0, 0.05) is 12.5 Å². The van der Waals surface area contributed by atoms with Gasteiger partial charge in [0.05, 0.1) is 12.6 Å². The molecule has 1 aliphatic heterocycles. The molecule has 0 radical (unpaired) electrons. The van der Waals surface area contributed by atoms with Gasteiger partial charge in [-0.05, 0) is 43.4 Å². The summed E-state index contributed by atoms with van der Waals surface area (Å²) in [5, 5.41) is 9.37. The van der Waals surface area contributed by atoms with Gasteiger partial charge in [0.25, 0.3) is 0 Å². The van der Waals surface area contributed by atoms with E-state index in [2.05, 4.69) is 6.92 Å². The van der Waals surface area contributed by atoms with Crippen molar-refractivity contribution in [3.05, 3.63) is 0 Å². The van der Waals surface area contributed by atoms with Crippen molar-refractivity contribution in [3.8, 4) is 0 Å². The SMILES string of the molecule is CC1CCN(C(=O)C2CC3CC3C2)C1CO. The van der Waals surface area contributed by atoms with Crippen LogP contribution in [0.4, 0.5) is 0 Å². The summed E-state index contributed by atoms with van der Waals surface area (Å²) in [6.45, 7) is 3.13. The van der Waals surface area contributed by atoms with Crippen LogP contribution >= 0.6 is 0 Å². The third-order valence-corrected chi connectivity index (χ3v) is 4.95. The molecule has 0 bridgehead atoms. The van der Waals surface area contributed by atoms with Crippen LogP contribution in [0.3, 0.4) is 0 Å². The summed E-state index contributed by atoms with van der Waals surface area (Å²) in [5.74, 6) is 2.80. The zero-order chi connectivity index (χ0) is 11.3. The van der Waals surface area contributed by atoms with Crippen LogP contribution < -0.4 is 0 Å². The Balaban J connectivity index is 1.65. The minimum Gasteiger partial charge on any atom is -0.394 e. The Hall–Kier alpha value is -0.570. The van der Waals surface area contributed by atoms with E-state index < -0.39 is 0 Å². The van der Waals surface area contributed by atoms with Gasteiger partial charge < -0.3 is 10.0 Å². The van der Waals surface area contributed by atoms with Crippen molar-refractivity contribution in [2.75, 3.05) is 13.2 Å². The van der Waals surface area contributed by atoms with Crippen molar-refractivity contribution in [1.82, 2.24) is 4.90 Å². The highest BCUT2D eigenvalue weighted by Crippen LogP contribution is 2.54. The molecule has 0 aromatic heterocycles. The number of aliphatic hydroxyl groups excluding tert-OH is 1. The van der Waals surface area contributed by atoms with Crippen molar-refractivity contribution < 1.29 is 9.90 Å². The van der Waals surface area contributed by atoms with Crippen molar-refractivity contribution in [1.29, 1.82) is 0 Å². The van der Waals surface area contributed by atoms with Gasteiger partial charge >= 0.3 is 0 Å². The lowest BCUT2D eigenvalue weighted by molar-refractivity contribution is -0.137. The Kier molecular flexibility index (Phi) is 2.46. The molecule has 16 heavy (non-hydrogen) atoms. The van der Waals surface area contributed by atoms with E-state index in [4.69, 9.17) is 0 Å². The Bertz CT molecular complexity index is 294. The first-order valence-corrected chi connectivity index (χ1v) is 6.62. The largest absolute Gasteiger partial charge is 0.394 e. The van der Waals surface area contributed by atoms with Gasteiger partial charge in [-0.2, -0.15) is 0 Å². The molecule has 0 aromatic carbocycles. The first kappa shape index (κ1) is 10.6. The molecule has 1 saturated heterocycles. The highest BCUT2D eigenvalue weighted by Gasteiger charge is 2.50. The minimum atomic E-state index is 0.0874. The maximum absolute atomic E-state index is 12.3. The number of hydrogen-bond donors (Lipinski definition) is 1. The Morgan fingerprint density at radius 3 is 2.62 bits per heavy atom. The highest BCUT2D eigenvalue weighted by atomic mass is 16.3. The smallest absolute Gasteiger partial charge is 0.226 e. The molecule has 3 fully saturated rings. The van der Waals surface area contributed by atoms with E-state index >= 15 is 0 Å². The Morgan fingerprint density at radius 1 is 1.31 bits per heavy atom. The monoisotopic (exact) mass is 223 g/mol. The van der Waals surface area contributed by atoms with Crippen molar-refractivity contribution in [3.63, 3.8) is 0 Å². The van der Waals surface area contributed by atoms with Crippen molar-refractivity contribution in [2.24, 2.45) is 23.7 Å². The van der Waals surface area contributed by atoms with E-state index in [0.717, 1.165) is 37.6 Å². The van der Waals surface area contributed by atoms with Gasteiger partial charge in [-0.15, -0.1) is 0 Å². The van der Waals surface area contributed by atoms with E-state index in [1.54, 1.807) is 0 Å². The molecule has 4 atom stereocenters. The predicted molar refractivity (Wildman–Crippen MR) is 60.7 cm³/mol. The minimum absolute atomic E-state index is 0.0874. The van der Waals surface area contributed by atoms with Crippen LogP contribution in [-0.4, -0.2) is 35.1 Å². The number of amides is 1. The summed E-state index contributed by atoms with van der Waals surface area (Å²) in [4.78, 5) is 14.3. The number of aliphatic hydroxyl groups is 1. The third kappa shape index (κ3) is 1.56. The summed E-state index contributed by atoms with van der Waals surface area (Å²) < 4.78 is 0. The summed E-state index contributed by atoms with van der Waals surface area (Å²) in [6.07, 6.45) is 4.65. The van der Waals surface area contributed by atoms with Gasteiger partial charge in [-0.1, -0.05) is 6.92 Å². The van der Waals surface area contributed by atoms with Crippen LogP contribution in [0.5, 0.6) is 0 Å². The topological polar surface area (TPSA) is 40.5 Å². The first-order chi connectivity index (χ1) is 7.70. The number of carbonyl (C=O) groups is 1. The number of hydrogen-bond acceptors (Lipinski definition) is 2. The van der Waals surface area contributed by atoms with E-state index in [1.165, 1.54) is 6.42 Å². The molecule has 1 amide bonds. The molecule has 0 aromatic rings. The van der Waals surface area contributed by atoms with Crippen LogP contribution in [0.25, 0.3) is 0 Å². The van der Waals surface area contributed by atoms with E-state index in [-0.39, 0.29) is 18.6 Å². The molecule has 4 unspecified atom stereocenters. The molecule has 0 spiro atoms. The molecule has 3 aliphatic rings. The lowest BCUT2D eigenvalue weighted by Crippen LogP contribution is -2.42. The zero-order valence-electron chi connectivity index (χ0n) is 9.93. The first-order valence-electron chi connectivity index (χ1n) is 6.62. The standard InChI is InChI=1S/C13H21NO2/c1-8-2-3-14(12(8)7-15)13(16)11-5-9-4-10(9)6-11/h8-12,15H,2-7H2,1H3. The van der Waals surface area contributed by atoms with Crippen LogP contribution in [-0.2, 0) is 4.79 Å². The van der Waals surface area contributed by atoms with Gasteiger partial charge in [-0.25, -0.2) is 0 Å².